The second-order valence-electron chi connectivity index (χ2n) is 1.38. The van der Waals surface area contributed by atoms with Crippen LogP contribution in [0.5, 0.6) is 0 Å². The SMILES string of the molecule is C=CCN(P)CC. The largest absolute Gasteiger partial charge is 0.284 e. The Morgan fingerprint density at radius 2 is 2.43 bits per heavy atom. The van der Waals surface area contributed by atoms with Crippen molar-refractivity contribution in [3.05, 3.63) is 12.7 Å². The van der Waals surface area contributed by atoms with Crippen LogP contribution in [0.3, 0.4) is 0 Å². The van der Waals surface area contributed by atoms with Gasteiger partial charge in [0.05, 0.1) is 0 Å². The molecule has 1 atom stereocenters. The van der Waals surface area contributed by atoms with Crippen molar-refractivity contribution in [3.8, 4) is 0 Å². The van der Waals surface area contributed by atoms with E-state index in [1.807, 2.05) is 6.08 Å². The lowest BCUT2D eigenvalue weighted by molar-refractivity contribution is 0.550. The highest BCUT2D eigenvalue weighted by molar-refractivity contribution is 7.13. The first-order valence-corrected chi connectivity index (χ1v) is 2.93. The summed E-state index contributed by atoms with van der Waals surface area (Å²) in [7, 11) is 2.62. The van der Waals surface area contributed by atoms with Crippen molar-refractivity contribution in [2.75, 3.05) is 13.1 Å². The van der Waals surface area contributed by atoms with E-state index in [9.17, 15) is 0 Å². The summed E-state index contributed by atoms with van der Waals surface area (Å²) in [4.78, 5) is 0. The van der Waals surface area contributed by atoms with E-state index < -0.39 is 0 Å². The van der Waals surface area contributed by atoms with Crippen LogP contribution in [-0.4, -0.2) is 17.8 Å². The van der Waals surface area contributed by atoms with E-state index in [0.717, 1.165) is 13.1 Å². The lowest BCUT2D eigenvalue weighted by Crippen LogP contribution is -2.08. The highest BCUT2D eigenvalue weighted by Gasteiger charge is 1.84. The predicted molar refractivity (Wildman–Crippen MR) is 37.2 cm³/mol. The Kier molecular flexibility index (Phi) is 4.37. The molecule has 0 saturated heterocycles. The van der Waals surface area contributed by atoms with Gasteiger partial charge in [0.1, 0.15) is 0 Å². The molecule has 0 radical (unpaired) electrons. The van der Waals surface area contributed by atoms with Crippen LogP contribution in [0.4, 0.5) is 0 Å². The van der Waals surface area contributed by atoms with Crippen molar-refractivity contribution in [3.63, 3.8) is 0 Å². The highest BCUT2D eigenvalue weighted by Crippen LogP contribution is 1.93. The van der Waals surface area contributed by atoms with Crippen LogP contribution in [0.25, 0.3) is 0 Å². The zero-order valence-electron chi connectivity index (χ0n) is 4.72. The molecule has 0 N–H and O–H groups in total. The Morgan fingerprint density at radius 3 is 2.57 bits per heavy atom. The second-order valence-corrected chi connectivity index (χ2v) is 2.11. The van der Waals surface area contributed by atoms with Gasteiger partial charge < -0.3 is 0 Å². The molecule has 0 aromatic rings. The van der Waals surface area contributed by atoms with Crippen LogP contribution in [0.1, 0.15) is 6.92 Å². The minimum Gasteiger partial charge on any atom is -0.284 e. The summed E-state index contributed by atoms with van der Waals surface area (Å²) in [6.45, 7) is 7.73. The topological polar surface area (TPSA) is 3.24 Å². The van der Waals surface area contributed by atoms with E-state index in [1.54, 1.807) is 0 Å². The maximum Gasteiger partial charge on any atom is 0.0194 e. The van der Waals surface area contributed by atoms with Crippen molar-refractivity contribution in [2.24, 2.45) is 0 Å². The van der Waals surface area contributed by atoms with E-state index in [2.05, 4.69) is 27.6 Å². The molecule has 1 nitrogen and oxygen atoms in total. The van der Waals surface area contributed by atoms with Gasteiger partial charge in [-0.3, -0.25) is 4.67 Å². The van der Waals surface area contributed by atoms with Crippen molar-refractivity contribution in [1.29, 1.82) is 0 Å². The Balaban J connectivity index is 2.98. The number of rotatable bonds is 3. The summed E-state index contributed by atoms with van der Waals surface area (Å²) >= 11 is 0. The maximum atomic E-state index is 3.59. The molecule has 0 aliphatic heterocycles. The zero-order valence-corrected chi connectivity index (χ0v) is 5.88. The normalized spacial score (nSPS) is 9.57. The fourth-order valence-corrected chi connectivity index (χ4v) is 0.444. The van der Waals surface area contributed by atoms with Gasteiger partial charge in [-0.05, 0) is 6.54 Å². The van der Waals surface area contributed by atoms with Crippen molar-refractivity contribution < 1.29 is 0 Å². The van der Waals surface area contributed by atoms with Gasteiger partial charge in [-0.25, -0.2) is 0 Å². The first kappa shape index (κ1) is 7.13. The molecule has 0 aromatic heterocycles. The van der Waals surface area contributed by atoms with Gasteiger partial charge in [-0.15, -0.1) is 6.58 Å². The Hall–Kier alpha value is 0.130. The molecule has 0 aromatic carbocycles. The van der Waals surface area contributed by atoms with Gasteiger partial charge in [0, 0.05) is 6.54 Å². The summed E-state index contributed by atoms with van der Waals surface area (Å²) in [5, 5.41) is 0. The van der Waals surface area contributed by atoms with E-state index >= 15 is 0 Å². The van der Waals surface area contributed by atoms with Crippen LogP contribution >= 0.6 is 9.39 Å². The monoisotopic (exact) mass is 117 g/mol. The van der Waals surface area contributed by atoms with Crippen LogP contribution in [-0.2, 0) is 0 Å². The van der Waals surface area contributed by atoms with Crippen molar-refractivity contribution >= 4 is 9.39 Å². The molecule has 0 bridgehead atoms. The molecule has 0 spiro atoms. The second kappa shape index (κ2) is 4.29. The van der Waals surface area contributed by atoms with Gasteiger partial charge in [0.2, 0.25) is 0 Å². The molecule has 1 unspecified atom stereocenters. The molecule has 0 aliphatic rings. The van der Waals surface area contributed by atoms with Gasteiger partial charge >= 0.3 is 0 Å². The number of hydrogen-bond acceptors (Lipinski definition) is 1. The number of likely N-dealkylation sites (N-methyl/N-ethyl adjacent to an activating group) is 1. The first-order valence-electron chi connectivity index (χ1n) is 2.41. The maximum absolute atomic E-state index is 3.59. The minimum absolute atomic E-state index is 0.959. The molecule has 2 heteroatoms. The third-order valence-corrected chi connectivity index (χ3v) is 1.35. The lowest BCUT2D eigenvalue weighted by atomic mass is 10.6. The summed E-state index contributed by atoms with van der Waals surface area (Å²) in [6.07, 6.45) is 1.89. The van der Waals surface area contributed by atoms with Crippen molar-refractivity contribution in [1.82, 2.24) is 4.67 Å². The van der Waals surface area contributed by atoms with Crippen molar-refractivity contribution in [2.45, 2.75) is 6.92 Å². The molecule has 0 amide bonds. The Morgan fingerprint density at radius 1 is 1.86 bits per heavy atom. The minimum atomic E-state index is 0.959. The van der Waals surface area contributed by atoms with E-state index in [4.69, 9.17) is 0 Å². The number of hydrogen-bond donors (Lipinski definition) is 0. The zero-order chi connectivity index (χ0) is 5.70. The van der Waals surface area contributed by atoms with Crippen LogP contribution < -0.4 is 0 Å². The summed E-state index contributed by atoms with van der Waals surface area (Å²) in [5.74, 6) is 0. The van der Waals surface area contributed by atoms with E-state index in [0.29, 0.717) is 0 Å². The summed E-state index contributed by atoms with van der Waals surface area (Å²) < 4.78 is 2.10. The van der Waals surface area contributed by atoms with Gasteiger partial charge in [-0.2, -0.15) is 0 Å². The average molecular weight is 117 g/mol. The fourth-order valence-electron chi connectivity index (χ4n) is 0.295. The molecule has 0 saturated carbocycles. The molecule has 0 aliphatic carbocycles. The van der Waals surface area contributed by atoms with Crippen LogP contribution in [0.2, 0.25) is 0 Å². The van der Waals surface area contributed by atoms with E-state index in [-0.39, 0.29) is 0 Å². The molecule has 7 heavy (non-hydrogen) atoms. The third kappa shape index (κ3) is 3.97. The lowest BCUT2D eigenvalue weighted by Gasteiger charge is -2.07. The molecule has 0 heterocycles. The summed E-state index contributed by atoms with van der Waals surface area (Å²) in [6, 6.07) is 0. The van der Waals surface area contributed by atoms with Gasteiger partial charge in [-0.1, -0.05) is 22.4 Å². The predicted octanol–water partition coefficient (Wildman–Crippen LogP) is 1.28. The molecular formula is C5H12NP. The van der Waals surface area contributed by atoms with Crippen LogP contribution in [0.15, 0.2) is 12.7 Å². The van der Waals surface area contributed by atoms with Crippen LogP contribution in [0, 0.1) is 0 Å². The summed E-state index contributed by atoms with van der Waals surface area (Å²) in [5.41, 5.74) is 0. The molecule has 42 valence electrons. The average Bonchev–Trinajstić information content (AvgIpc) is 1.68. The standard InChI is InChI=1S/C5H12NP/c1-3-5-6(7)4-2/h3H,1,4-5,7H2,2H3. The van der Waals surface area contributed by atoms with E-state index in [1.165, 1.54) is 0 Å². The van der Waals surface area contributed by atoms with Gasteiger partial charge in [0.25, 0.3) is 0 Å². The quantitative estimate of drug-likeness (QED) is 0.397. The highest BCUT2D eigenvalue weighted by atomic mass is 31.0. The fraction of sp³-hybridized carbons (Fsp3) is 0.600. The molecule has 0 rings (SSSR count). The third-order valence-electron chi connectivity index (χ3n) is 0.770. The first-order chi connectivity index (χ1) is 3.31. The number of nitrogens with zero attached hydrogens (tertiary/aromatic N) is 1. The molecule has 0 fully saturated rings. The van der Waals surface area contributed by atoms with Gasteiger partial charge in [0.15, 0.2) is 0 Å². The Bertz CT molecular complexity index is 54.0. The Labute approximate surface area is 47.7 Å². The smallest absolute Gasteiger partial charge is 0.0194 e. The molecular weight excluding hydrogens is 105 g/mol.